The molecule has 124 valence electrons. The van der Waals surface area contributed by atoms with Crippen LogP contribution in [0.25, 0.3) is 0 Å². The second kappa shape index (κ2) is 6.43. The molecular formula is C19H18O5. The maximum absolute atomic E-state index is 12.6. The van der Waals surface area contributed by atoms with E-state index in [1.165, 1.54) is 13.0 Å². The molecule has 2 aliphatic rings. The highest BCUT2D eigenvalue weighted by atomic mass is 16.5. The molecule has 3 rings (SSSR count). The predicted octanol–water partition coefficient (Wildman–Crippen LogP) is 2.71. The predicted molar refractivity (Wildman–Crippen MR) is 86.3 cm³/mol. The number of benzene rings is 1. The molecule has 0 N–H and O–H groups in total. The Morgan fingerprint density at radius 2 is 1.71 bits per heavy atom. The molecule has 24 heavy (non-hydrogen) atoms. The van der Waals surface area contributed by atoms with E-state index in [4.69, 9.17) is 9.47 Å². The van der Waals surface area contributed by atoms with Crippen LogP contribution in [0, 0.1) is 23.7 Å². The van der Waals surface area contributed by atoms with E-state index in [1.807, 2.05) is 12.2 Å². The van der Waals surface area contributed by atoms with Crippen LogP contribution in [0.4, 0.5) is 0 Å². The molecule has 0 aromatic heterocycles. The summed E-state index contributed by atoms with van der Waals surface area (Å²) >= 11 is 0. The summed E-state index contributed by atoms with van der Waals surface area (Å²) in [5, 5.41) is 0. The normalized spacial score (nSPS) is 26.9. The molecule has 1 aromatic carbocycles. The molecule has 1 aromatic rings. The van der Waals surface area contributed by atoms with E-state index in [-0.39, 0.29) is 35.0 Å². The molecule has 0 aliphatic heterocycles. The van der Waals surface area contributed by atoms with Crippen molar-refractivity contribution in [3.63, 3.8) is 0 Å². The van der Waals surface area contributed by atoms with Gasteiger partial charge in [-0.3, -0.25) is 9.59 Å². The first-order valence-electron chi connectivity index (χ1n) is 7.84. The Bertz CT molecular complexity index is 733. The molecule has 4 unspecified atom stereocenters. The van der Waals surface area contributed by atoms with Crippen molar-refractivity contribution >= 4 is 17.7 Å². The Balaban J connectivity index is 1.74. The third kappa shape index (κ3) is 3.02. The molecule has 0 spiro atoms. The van der Waals surface area contributed by atoms with Crippen molar-refractivity contribution < 1.29 is 23.9 Å². The lowest BCUT2D eigenvalue weighted by atomic mass is 9.81. The van der Waals surface area contributed by atoms with Crippen LogP contribution in [0.2, 0.25) is 0 Å². The van der Waals surface area contributed by atoms with Crippen molar-refractivity contribution in [3.8, 4) is 11.5 Å². The smallest absolute Gasteiger partial charge is 0.335 e. The number of hydrogen-bond acceptors (Lipinski definition) is 5. The monoisotopic (exact) mass is 326 g/mol. The van der Waals surface area contributed by atoms with Crippen LogP contribution < -0.4 is 9.47 Å². The van der Waals surface area contributed by atoms with Gasteiger partial charge < -0.3 is 9.47 Å². The average molecular weight is 326 g/mol. The first kappa shape index (κ1) is 16.2. The van der Waals surface area contributed by atoms with Gasteiger partial charge in [-0.2, -0.15) is 0 Å². The molecule has 1 fully saturated rings. The topological polar surface area (TPSA) is 69.7 Å². The fraction of sp³-hybridized carbons (Fsp3) is 0.316. The molecule has 2 aliphatic carbocycles. The molecule has 4 atom stereocenters. The number of fused-ring (bicyclic) bond motifs is 2. The van der Waals surface area contributed by atoms with E-state index in [9.17, 15) is 14.4 Å². The van der Waals surface area contributed by atoms with Gasteiger partial charge in [0, 0.05) is 18.1 Å². The van der Waals surface area contributed by atoms with Crippen LogP contribution in [-0.4, -0.2) is 17.7 Å². The van der Waals surface area contributed by atoms with E-state index in [1.54, 1.807) is 18.2 Å². The number of allylic oxidation sites excluding steroid dienone is 2. The SMILES string of the molecule is C=CC(=O)Oc1cccc(OC(=O)C2C3C=CC(C3)C2C(C)=O)c1. The van der Waals surface area contributed by atoms with Crippen molar-refractivity contribution in [1.29, 1.82) is 0 Å². The lowest BCUT2D eigenvalue weighted by Gasteiger charge is -2.24. The number of carbonyl (C=O) groups is 3. The minimum atomic E-state index is -0.589. The third-order valence-corrected chi connectivity index (χ3v) is 4.61. The Kier molecular flexibility index (Phi) is 4.34. The van der Waals surface area contributed by atoms with E-state index in [0.717, 1.165) is 12.5 Å². The number of carbonyl (C=O) groups excluding carboxylic acids is 3. The molecular weight excluding hydrogens is 308 g/mol. The second-order valence-electron chi connectivity index (χ2n) is 6.13. The molecule has 0 radical (unpaired) electrons. The highest BCUT2D eigenvalue weighted by Gasteiger charge is 2.51. The number of Topliss-reactive ketones (excluding diaryl/α,β-unsaturated/α-hetero) is 1. The summed E-state index contributed by atoms with van der Waals surface area (Å²) in [4.78, 5) is 35.7. The van der Waals surface area contributed by atoms with Crippen molar-refractivity contribution in [3.05, 3.63) is 49.1 Å². The van der Waals surface area contributed by atoms with Crippen LogP contribution in [0.15, 0.2) is 49.1 Å². The summed E-state index contributed by atoms with van der Waals surface area (Å²) in [5.74, 6) is -1.02. The fourth-order valence-corrected chi connectivity index (χ4v) is 3.64. The maximum atomic E-state index is 12.6. The maximum Gasteiger partial charge on any atom is 0.335 e. The van der Waals surface area contributed by atoms with Crippen molar-refractivity contribution in [2.75, 3.05) is 0 Å². The molecule has 5 heteroatoms. The van der Waals surface area contributed by atoms with Crippen LogP contribution in [0.3, 0.4) is 0 Å². The van der Waals surface area contributed by atoms with Crippen molar-refractivity contribution in [2.24, 2.45) is 23.7 Å². The van der Waals surface area contributed by atoms with Gasteiger partial charge in [-0.05, 0) is 37.3 Å². The molecule has 0 saturated heterocycles. The molecule has 2 bridgehead atoms. The summed E-state index contributed by atoms with van der Waals surface area (Å²) in [6, 6.07) is 6.27. The molecule has 0 amide bonds. The summed E-state index contributed by atoms with van der Waals surface area (Å²) in [7, 11) is 0. The number of ether oxygens (including phenoxy) is 2. The number of rotatable bonds is 5. The van der Waals surface area contributed by atoms with Gasteiger partial charge in [0.25, 0.3) is 0 Å². The standard InChI is InChI=1S/C19H18O5/c1-3-16(21)23-14-5-4-6-15(10-14)24-19(22)18-13-8-7-12(9-13)17(18)11(2)20/h3-8,10,12-13,17-18H,1,9H2,2H3. The summed E-state index contributed by atoms with van der Waals surface area (Å²) in [6.07, 6.45) is 5.90. The van der Waals surface area contributed by atoms with Gasteiger partial charge in [-0.1, -0.05) is 24.8 Å². The van der Waals surface area contributed by atoms with Gasteiger partial charge in [-0.15, -0.1) is 0 Å². The van der Waals surface area contributed by atoms with Gasteiger partial charge in [-0.25, -0.2) is 4.79 Å². The Labute approximate surface area is 139 Å². The zero-order valence-electron chi connectivity index (χ0n) is 13.3. The van der Waals surface area contributed by atoms with Crippen LogP contribution in [-0.2, 0) is 14.4 Å². The molecule has 5 nitrogen and oxygen atoms in total. The van der Waals surface area contributed by atoms with Gasteiger partial charge >= 0.3 is 11.9 Å². The van der Waals surface area contributed by atoms with E-state index in [2.05, 4.69) is 6.58 Å². The summed E-state index contributed by atoms with van der Waals surface area (Å²) in [6.45, 7) is 4.85. The third-order valence-electron chi connectivity index (χ3n) is 4.61. The summed E-state index contributed by atoms with van der Waals surface area (Å²) < 4.78 is 10.5. The van der Waals surface area contributed by atoms with Gasteiger partial charge in [0.05, 0.1) is 5.92 Å². The van der Waals surface area contributed by atoms with Crippen LogP contribution >= 0.6 is 0 Å². The molecule has 0 heterocycles. The fourth-order valence-electron chi connectivity index (χ4n) is 3.64. The Hall–Kier alpha value is -2.69. The minimum absolute atomic E-state index is 0.0162. The lowest BCUT2D eigenvalue weighted by molar-refractivity contribution is -0.144. The van der Waals surface area contributed by atoms with Gasteiger partial charge in [0.2, 0.25) is 0 Å². The lowest BCUT2D eigenvalue weighted by Crippen LogP contribution is -2.34. The Morgan fingerprint density at radius 3 is 2.33 bits per heavy atom. The zero-order chi connectivity index (χ0) is 17.3. The van der Waals surface area contributed by atoms with Crippen LogP contribution in [0.5, 0.6) is 11.5 Å². The first-order valence-corrected chi connectivity index (χ1v) is 7.84. The number of hydrogen-bond donors (Lipinski definition) is 0. The first-order chi connectivity index (χ1) is 11.5. The van der Waals surface area contributed by atoms with Gasteiger partial charge in [0.1, 0.15) is 17.3 Å². The van der Waals surface area contributed by atoms with Gasteiger partial charge in [0.15, 0.2) is 0 Å². The molecule has 1 saturated carbocycles. The quantitative estimate of drug-likeness (QED) is 0.360. The zero-order valence-corrected chi connectivity index (χ0v) is 13.3. The largest absolute Gasteiger partial charge is 0.426 e. The highest BCUT2D eigenvalue weighted by Crippen LogP contribution is 2.48. The number of ketones is 1. The second-order valence-corrected chi connectivity index (χ2v) is 6.13. The highest BCUT2D eigenvalue weighted by molar-refractivity contribution is 5.88. The Morgan fingerprint density at radius 1 is 1.08 bits per heavy atom. The minimum Gasteiger partial charge on any atom is -0.426 e. The average Bonchev–Trinajstić information content (AvgIpc) is 3.15. The van der Waals surface area contributed by atoms with Crippen molar-refractivity contribution in [1.82, 2.24) is 0 Å². The van der Waals surface area contributed by atoms with E-state index < -0.39 is 17.9 Å². The van der Waals surface area contributed by atoms with Crippen LogP contribution in [0.1, 0.15) is 13.3 Å². The van der Waals surface area contributed by atoms with E-state index >= 15 is 0 Å². The van der Waals surface area contributed by atoms with E-state index in [0.29, 0.717) is 0 Å². The van der Waals surface area contributed by atoms with Crippen molar-refractivity contribution in [2.45, 2.75) is 13.3 Å². The number of esters is 2. The summed E-state index contributed by atoms with van der Waals surface area (Å²) in [5.41, 5.74) is 0.